The van der Waals surface area contributed by atoms with Crippen molar-refractivity contribution < 1.29 is 17.4 Å². The maximum absolute atomic E-state index is 12.6. The topological polar surface area (TPSA) is 63.7 Å². The summed E-state index contributed by atoms with van der Waals surface area (Å²) in [5.41, 5.74) is 0.941. The fraction of sp³-hybridized carbons (Fsp3) is 0.632. The van der Waals surface area contributed by atoms with Crippen LogP contribution in [0, 0.1) is 5.41 Å². The number of amides is 1. The molecule has 1 amide bonds. The van der Waals surface area contributed by atoms with Crippen LogP contribution in [0.25, 0.3) is 0 Å². The average Bonchev–Trinajstić information content (AvgIpc) is 3.28. The van der Waals surface area contributed by atoms with Crippen molar-refractivity contribution in [1.82, 2.24) is 4.90 Å². The molecule has 1 fully saturated rings. The van der Waals surface area contributed by atoms with E-state index in [-0.39, 0.29) is 11.3 Å². The number of hydrogen-bond donors (Lipinski definition) is 0. The lowest BCUT2D eigenvalue weighted by molar-refractivity contribution is -0.134. The third-order valence-corrected chi connectivity index (χ3v) is 5.64. The van der Waals surface area contributed by atoms with E-state index < -0.39 is 15.4 Å². The monoisotopic (exact) mass is 367 g/mol. The van der Waals surface area contributed by atoms with Gasteiger partial charge in [-0.2, -0.15) is 8.42 Å². The molecule has 1 aliphatic rings. The molecule has 0 unspecified atom stereocenters. The first kappa shape index (κ1) is 19.8. The molecular formula is C19H29NO4S. The van der Waals surface area contributed by atoms with Gasteiger partial charge in [-0.3, -0.25) is 4.79 Å². The zero-order valence-electron chi connectivity index (χ0n) is 15.8. The molecule has 25 heavy (non-hydrogen) atoms. The van der Waals surface area contributed by atoms with Crippen LogP contribution in [0.1, 0.15) is 59.4 Å². The Morgan fingerprint density at radius 2 is 1.76 bits per heavy atom. The van der Waals surface area contributed by atoms with Gasteiger partial charge in [0.1, 0.15) is 5.75 Å². The molecule has 0 atom stereocenters. The normalized spacial score (nSPS) is 15.3. The van der Waals surface area contributed by atoms with Crippen LogP contribution in [0.15, 0.2) is 24.3 Å². The van der Waals surface area contributed by atoms with Gasteiger partial charge in [-0.1, -0.05) is 32.9 Å². The third kappa shape index (κ3) is 6.03. The maximum Gasteiger partial charge on any atom is 0.311 e. The van der Waals surface area contributed by atoms with Gasteiger partial charge in [0.15, 0.2) is 0 Å². The minimum Gasteiger partial charge on any atom is -0.382 e. The van der Waals surface area contributed by atoms with Gasteiger partial charge in [0.05, 0.1) is 5.25 Å². The molecule has 0 radical (unpaired) electrons. The standard InChI is InChI=1S/C19H29NO4S/c1-14(2)25(22,23)24-17-10-6-15(7-11-17)13-20(16-8-9-16)18(21)12-19(3,4)5/h6-7,10-11,14,16H,8-9,12-13H2,1-5H3. The van der Waals surface area contributed by atoms with E-state index in [1.165, 1.54) is 0 Å². The summed E-state index contributed by atoms with van der Waals surface area (Å²) in [6.07, 6.45) is 2.64. The first-order valence-corrected chi connectivity index (χ1v) is 10.3. The maximum atomic E-state index is 12.6. The Balaban J connectivity index is 2.04. The summed E-state index contributed by atoms with van der Waals surface area (Å²) in [4.78, 5) is 14.5. The molecule has 0 spiro atoms. The molecule has 1 aromatic rings. The summed E-state index contributed by atoms with van der Waals surface area (Å²) in [5.74, 6) is 0.481. The van der Waals surface area contributed by atoms with Crippen LogP contribution in [0.5, 0.6) is 5.75 Å². The molecule has 0 aromatic heterocycles. The lowest BCUT2D eigenvalue weighted by atomic mass is 9.91. The highest BCUT2D eigenvalue weighted by molar-refractivity contribution is 7.87. The van der Waals surface area contributed by atoms with Crippen molar-refractivity contribution in [3.05, 3.63) is 29.8 Å². The highest BCUT2D eigenvalue weighted by Crippen LogP contribution is 2.31. The molecule has 5 nitrogen and oxygen atoms in total. The molecule has 140 valence electrons. The number of nitrogens with zero attached hydrogens (tertiary/aromatic N) is 1. The van der Waals surface area contributed by atoms with Gasteiger partial charge in [-0.15, -0.1) is 0 Å². The molecule has 0 saturated heterocycles. The smallest absolute Gasteiger partial charge is 0.311 e. The van der Waals surface area contributed by atoms with Gasteiger partial charge in [-0.25, -0.2) is 0 Å². The number of carbonyl (C=O) groups is 1. The molecule has 0 N–H and O–H groups in total. The number of hydrogen-bond acceptors (Lipinski definition) is 4. The quantitative estimate of drug-likeness (QED) is 0.689. The molecule has 0 heterocycles. The molecular weight excluding hydrogens is 338 g/mol. The van der Waals surface area contributed by atoms with Crippen molar-refractivity contribution >= 4 is 16.0 Å². The van der Waals surface area contributed by atoms with Crippen LogP contribution in [0.2, 0.25) is 0 Å². The number of benzene rings is 1. The Morgan fingerprint density at radius 1 is 1.20 bits per heavy atom. The van der Waals surface area contributed by atoms with Crippen LogP contribution in [0.3, 0.4) is 0 Å². The highest BCUT2D eigenvalue weighted by atomic mass is 32.2. The second-order valence-corrected chi connectivity index (χ2v) is 10.4. The summed E-state index contributed by atoms with van der Waals surface area (Å²) >= 11 is 0. The van der Waals surface area contributed by atoms with Gasteiger partial charge in [0, 0.05) is 19.0 Å². The van der Waals surface area contributed by atoms with Crippen LogP contribution in [-0.2, 0) is 21.5 Å². The van der Waals surface area contributed by atoms with E-state index in [9.17, 15) is 13.2 Å². The van der Waals surface area contributed by atoms with Gasteiger partial charge < -0.3 is 9.08 Å². The molecule has 0 aliphatic heterocycles. The summed E-state index contributed by atoms with van der Waals surface area (Å²) in [6.45, 7) is 9.92. The summed E-state index contributed by atoms with van der Waals surface area (Å²) in [6, 6.07) is 7.28. The van der Waals surface area contributed by atoms with Crippen molar-refractivity contribution in [1.29, 1.82) is 0 Å². The first-order chi connectivity index (χ1) is 11.5. The fourth-order valence-electron chi connectivity index (χ4n) is 2.44. The van der Waals surface area contributed by atoms with Gasteiger partial charge >= 0.3 is 10.1 Å². The average molecular weight is 368 g/mol. The predicted octanol–water partition coefficient (Wildman–Crippen LogP) is 3.73. The Bertz CT molecular complexity index is 698. The van der Waals surface area contributed by atoms with E-state index in [4.69, 9.17) is 4.18 Å². The Hall–Kier alpha value is -1.56. The van der Waals surface area contributed by atoms with Crippen LogP contribution in [-0.4, -0.2) is 30.5 Å². The molecule has 1 aliphatic carbocycles. The zero-order chi connectivity index (χ0) is 18.8. The van der Waals surface area contributed by atoms with Crippen molar-refractivity contribution in [2.24, 2.45) is 5.41 Å². The molecule has 6 heteroatoms. The minimum atomic E-state index is -3.59. The Labute approximate surface area is 151 Å². The molecule has 0 bridgehead atoms. The highest BCUT2D eigenvalue weighted by Gasteiger charge is 2.33. The van der Waals surface area contributed by atoms with Crippen LogP contribution < -0.4 is 4.18 Å². The second-order valence-electron chi connectivity index (χ2n) is 8.26. The van der Waals surface area contributed by atoms with E-state index >= 15 is 0 Å². The minimum absolute atomic E-state index is 0.0346. The van der Waals surface area contributed by atoms with Crippen LogP contribution >= 0.6 is 0 Å². The van der Waals surface area contributed by atoms with Gasteiger partial charge in [-0.05, 0) is 49.8 Å². The number of rotatable bonds is 7. The largest absolute Gasteiger partial charge is 0.382 e. The summed E-state index contributed by atoms with van der Waals surface area (Å²) in [7, 11) is -3.59. The van der Waals surface area contributed by atoms with Crippen molar-refractivity contribution in [2.45, 2.75) is 71.7 Å². The van der Waals surface area contributed by atoms with Crippen LogP contribution in [0.4, 0.5) is 0 Å². The lowest BCUT2D eigenvalue weighted by Crippen LogP contribution is -2.34. The van der Waals surface area contributed by atoms with Crippen molar-refractivity contribution in [2.75, 3.05) is 0 Å². The summed E-state index contributed by atoms with van der Waals surface area (Å²) < 4.78 is 28.7. The zero-order valence-corrected chi connectivity index (χ0v) is 16.6. The van der Waals surface area contributed by atoms with Crippen molar-refractivity contribution in [3.8, 4) is 5.75 Å². The Morgan fingerprint density at radius 3 is 2.20 bits per heavy atom. The molecule has 1 saturated carbocycles. The van der Waals surface area contributed by atoms with E-state index in [0.29, 0.717) is 24.8 Å². The first-order valence-electron chi connectivity index (χ1n) is 8.80. The summed E-state index contributed by atoms with van der Waals surface area (Å²) in [5, 5.41) is -0.590. The van der Waals surface area contributed by atoms with Gasteiger partial charge in [0.2, 0.25) is 5.91 Å². The van der Waals surface area contributed by atoms with E-state index in [2.05, 4.69) is 20.8 Å². The fourth-order valence-corrected chi connectivity index (χ4v) is 3.01. The third-order valence-electron chi connectivity index (χ3n) is 4.06. The number of carbonyl (C=O) groups excluding carboxylic acids is 1. The lowest BCUT2D eigenvalue weighted by Gasteiger charge is -2.27. The Kier molecular flexibility index (Phi) is 5.82. The van der Waals surface area contributed by atoms with E-state index in [1.807, 2.05) is 17.0 Å². The predicted molar refractivity (Wildman–Crippen MR) is 98.8 cm³/mol. The van der Waals surface area contributed by atoms with E-state index in [0.717, 1.165) is 18.4 Å². The van der Waals surface area contributed by atoms with E-state index in [1.54, 1.807) is 26.0 Å². The van der Waals surface area contributed by atoms with Gasteiger partial charge in [0.25, 0.3) is 0 Å². The second kappa shape index (κ2) is 7.36. The molecule has 1 aromatic carbocycles. The molecule has 2 rings (SSSR count). The SMILES string of the molecule is CC(C)S(=O)(=O)Oc1ccc(CN(C(=O)CC(C)(C)C)C2CC2)cc1. The van der Waals surface area contributed by atoms with Crippen molar-refractivity contribution in [3.63, 3.8) is 0 Å².